The number of hydrogen-bond acceptors (Lipinski definition) is 4. The van der Waals surface area contributed by atoms with E-state index in [0.29, 0.717) is 6.42 Å². The van der Waals surface area contributed by atoms with E-state index < -0.39 is 0 Å². The van der Waals surface area contributed by atoms with E-state index in [9.17, 15) is 4.79 Å². The monoisotopic (exact) mass is 298 g/mol. The summed E-state index contributed by atoms with van der Waals surface area (Å²) in [5.74, 6) is -0.191. The number of carbonyl (C=O) groups excluding carboxylic acids is 1. The van der Waals surface area contributed by atoms with E-state index in [-0.39, 0.29) is 5.97 Å². The van der Waals surface area contributed by atoms with Crippen molar-refractivity contribution in [1.29, 1.82) is 0 Å². The van der Waals surface area contributed by atoms with Crippen LogP contribution in [0.1, 0.15) is 30.4 Å². The summed E-state index contributed by atoms with van der Waals surface area (Å²) in [5, 5.41) is 0. The van der Waals surface area contributed by atoms with Crippen LogP contribution in [0.4, 0.5) is 5.69 Å². The molecule has 1 aromatic carbocycles. The Bertz CT molecular complexity index is 620. The highest BCUT2D eigenvalue weighted by molar-refractivity contribution is 5.73. The SMILES string of the molecule is COC(=O)Cc1ccc2c(c1)N(CC1=CCC=N1)CCCC2. The van der Waals surface area contributed by atoms with Crippen molar-refractivity contribution in [2.75, 3.05) is 25.1 Å². The number of anilines is 1. The van der Waals surface area contributed by atoms with E-state index in [1.54, 1.807) is 0 Å². The average Bonchev–Trinajstić information content (AvgIpc) is 2.96. The normalized spacial score (nSPS) is 17.0. The highest BCUT2D eigenvalue weighted by Crippen LogP contribution is 2.29. The van der Waals surface area contributed by atoms with E-state index in [4.69, 9.17) is 4.74 Å². The third kappa shape index (κ3) is 3.38. The Hall–Kier alpha value is -2.10. The van der Waals surface area contributed by atoms with Crippen molar-refractivity contribution in [3.63, 3.8) is 0 Å². The molecule has 2 heterocycles. The number of allylic oxidation sites excluding steroid dienone is 1. The first-order valence-corrected chi connectivity index (χ1v) is 7.91. The molecule has 1 aromatic rings. The van der Waals surface area contributed by atoms with Crippen LogP contribution in [-0.4, -0.2) is 32.4 Å². The molecule has 3 rings (SSSR count). The fourth-order valence-electron chi connectivity index (χ4n) is 3.08. The molecule has 0 radical (unpaired) electrons. The van der Waals surface area contributed by atoms with Crippen LogP contribution in [0.15, 0.2) is 35.0 Å². The summed E-state index contributed by atoms with van der Waals surface area (Å²) in [4.78, 5) is 18.4. The summed E-state index contributed by atoms with van der Waals surface area (Å²) < 4.78 is 4.78. The van der Waals surface area contributed by atoms with Gasteiger partial charge in [-0.2, -0.15) is 0 Å². The van der Waals surface area contributed by atoms with Gasteiger partial charge in [0.2, 0.25) is 0 Å². The molecule has 0 aromatic heterocycles. The quantitative estimate of drug-likeness (QED) is 0.803. The number of hydrogen-bond donors (Lipinski definition) is 0. The van der Waals surface area contributed by atoms with Crippen LogP contribution in [0.3, 0.4) is 0 Å². The van der Waals surface area contributed by atoms with Gasteiger partial charge in [-0.15, -0.1) is 0 Å². The van der Waals surface area contributed by atoms with Crippen molar-refractivity contribution in [2.45, 2.75) is 32.1 Å². The zero-order valence-electron chi connectivity index (χ0n) is 13.0. The predicted molar refractivity (Wildman–Crippen MR) is 88.5 cm³/mol. The summed E-state index contributed by atoms with van der Waals surface area (Å²) in [6.07, 6.45) is 8.92. The molecular weight excluding hydrogens is 276 g/mol. The number of methoxy groups -OCH3 is 1. The van der Waals surface area contributed by atoms with Crippen LogP contribution in [0.5, 0.6) is 0 Å². The maximum atomic E-state index is 11.5. The highest BCUT2D eigenvalue weighted by Gasteiger charge is 2.18. The second-order valence-corrected chi connectivity index (χ2v) is 5.84. The number of aryl methyl sites for hydroxylation is 1. The number of ether oxygens (including phenoxy) is 1. The van der Waals surface area contributed by atoms with Crippen LogP contribution in [0.2, 0.25) is 0 Å². The van der Waals surface area contributed by atoms with Crippen LogP contribution in [0.25, 0.3) is 0 Å². The minimum absolute atomic E-state index is 0.191. The molecule has 0 amide bonds. The molecule has 2 aliphatic heterocycles. The van der Waals surface area contributed by atoms with Gasteiger partial charge in [-0.3, -0.25) is 9.79 Å². The van der Waals surface area contributed by atoms with Gasteiger partial charge in [0.15, 0.2) is 0 Å². The van der Waals surface area contributed by atoms with Crippen molar-refractivity contribution >= 4 is 17.9 Å². The molecule has 116 valence electrons. The first kappa shape index (κ1) is 14.8. The summed E-state index contributed by atoms with van der Waals surface area (Å²) in [5.41, 5.74) is 4.78. The van der Waals surface area contributed by atoms with Crippen molar-refractivity contribution < 1.29 is 9.53 Å². The third-order valence-corrected chi connectivity index (χ3v) is 4.26. The van der Waals surface area contributed by atoms with Crippen molar-refractivity contribution in [1.82, 2.24) is 0 Å². The maximum absolute atomic E-state index is 11.5. The number of esters is 1. The molecule has 0 aliphatic carbocycles. The molecule has 0 unspecified atom stereocenters. The van der Waals surface area contributed by atoms with Crippen molar-refractivity contribution in [2.24, 2.45) is 4.99 Å². The number of fused-ring (bicyclic) bond motifs is 1. The number of aliphatic imine (C=N–C) groups is 1. The lowest BCUT2D eigenvalue weighted by atomic mass is 10.0. The number of carbonyl (C=O) groups is 1. The molecule has 0 spiro atoms. The minimum Gasteiger partial charge on any atom is -0.469 e. The van der Waals surface area contributed by atoms with E-state index in [0.717, 1.165) is 37.2 Å². The standard InChI is InChI=1S/C18H22N2O2/c1-22-18(21)12-14-7-8-15-5-2-3-10-20(17(15)11-14)13-16-6-4-9-19-16/h6-9,11H,2-5,10,12-13H2,1H3. The lowest BCUT2D eigenvalue weighted by Crippen LogP contribution is -2.26. The summed E-state index contributed by atoms with van der Waals surface area (Å²) in [6.45, 7) is 1.90. The molecule has 22 heavy (non-hydrogen) atoms. The molecule has 4 heteroatoms. The Labute approximate surface area is 131 Å². The first-order chi connectivity index (χ1) is 10.8. The molecule has 2 aliphatic rings. The topological polar surface area (TPSA) is 41.9 Å². The minimum atomic E-state index is -0.191. The first-order valence-electron chi connectivity index (χ1n) is 7.91. The molecular formula is C18H22N2O2. The molecule has 4 nitrogen and oxygen atoms in total. The fraction of sp³-hybridized carbons (Fsp3) is 0.444. The maximum Gasteiger partial charge on any atom is 0.309 e. The second-order valence-electron chi connectivity index (χ2n) is 5.84. The van der Waals surface area contributed by atoms with Gasteiger partial charge in [-0.1, -0.05) is 18.2 Å². The van der Waals surface area contributed by atoms with Gasteiger partial charge in [0.1, 0.15) is 0 Å². The fourth-order valence-corrected chi connectivity index (χ4v) is 3.08. The third-order valence-electron chi connectivity index (χ3n) is 4.26. The largest absolute Gasteiger partial charge is 0.469 e. The molecule has 0 bridgehead atoms. The van der Waals surface area contributed by atoms with Crippen molar-refractivity contribution in [3.05, 3.63) is 41.1 Å². The van der Waals surface area contributed by atoms with Crippen molar-refractivity contribution in [3.8, 4) is 0 Å². The Morgan fingerprint density at radius 3 is 3.05 bits per heavy atom. The lowest BCUT2D eigenvalue weighted by Gasteiger charge is -2.25. The Balaban J connectivity index is 1.85. The van der Waals surface area contributed by atoms with E-state index in [1.165, 1.54) is 31.2 Å². The molecule has 0 N–H and O–H groups in total. The van der Waals surface area contributed by atoms with E-state index in [1.807, 2.05) is 12.3 Å². The zero-order chi connectivity index (χ0) is 15.4. The molecule has 0 atom stereocenters. The van der Waals surface area contributed by atoms with Crippen LogP contribution in [0, 0.1) is 0 Å². The number of nitrogens with zero attached hydrogens (tertiary/aromatic N) is 2. The van der Waals surface area contributed by atoms with Crippen LogP contribution < -0.4 is 4.90 Å². The van der Waals surface area contributed by atoms with Gasteiger partial charge < -0.3 is 9.64 Å². The Morgan fingerprint density at radius 2 is 2.27 bits per heavy atom. The smallest absolute Gasteiger partial charge is 0.309 e. The summed E-state index contributed by atoms with van der Waals surface area (Å²) >= 11 is 0. The van der Waals surface area contributed by atoms with E-state index in [2.05, 4.69) is 28.1 Å². The van der Waals surface area contributed by atoms with Gasteiger partial charge in [0.05, 0.1) is 25.8 Å². The Morgan fingerprint density at radius 1 is 1.36 bits per heavy atom. The van der Waals surface area contributed by atoms with Gasteiger partial charge in [0.25, 0.3) is 0 Å². The molecule has 0 fully saturated rings. The van der Waals surface area contributed by atoms with Gasteiger partial charge in [0, 0.05) is 24.9 Å². The number of rotatable bonds is 4. The van der Waals surface area contributed by atoms with Crippen LogP contribution >= 0.6 is 0 Å². The van der Waals surface area contributed by atoms with Crippen LogP contribution in [-0.2, 0) is 22.4 Å². The zero-order valence-corrected chi connectivity index (χ0v) is 13.0. The summed E-state index contributed by atoms with van der Waals surface area (Å²) in [7, 11) is 1.43. The molecule has 0 saturated carbocycles. The second kappa shape index (κ2) is 6.77. The highest BCUT2D eigenvalue weighted by atomic mass is 16.5. The average molecular weight is 298 g/mol. The van der Waals surface area contributed by atoms with Gasteiger partial charge >= 0.3 is 5.97 Å². The molecule has 0 saturated heterocycles. The Kier molecular flexibility index (Phi) is 4.56. The van der Waals surface area contributed by atoms with Gasteiger partial charge in [-0.05, 0) is 36.5 Å². The van der Waals surface area contributed by atoms with Gasteiger partial charge in [-0.25, -0.2) is 0 Å². The predicted octanol–water partition coefficient (Wildman–Crippen LogP) is 2.90. The van der Waals surface area contributed by atoms with E-state index >= 15 is 0 Å². The lowest BCUT2D eigenvalue weighted by molar-refractivity contribution is -0.139. The number of benzene rings is 1. The summed E-state index contributed by atoms with van der Waals surface area (Å²) in [6, 6.07) is 6.36.